The molecule has 2 aromatic rings. The zero-order valence-electron chi connectivity index (χ0n) is 21.4. The van der Waals surface area contributed by atoms with Crippen molar-refractivity contribution in [2.24, 2.45) is 0 Å². The molecule has 0 fully saturated rings. The van der Waals surface area contributed by atoms with E-state index in [-0.39, 0.29) is 24.7 Å². The van der Waals surface area contributed by atoms with E-state index in [9.17, 15) is 31.2 Å². The van der Waals surface area contributed by atoms with Crippen LogP contribution in [0, 0.1) is 0 Å². The van der Waals surface area contributed by atoms with Crippen molar-refractivity contribution in [1.82, 2.24) is 10.2 Å². The van der Waals surface area contributed by atoms with Gasteiger partial charge in [-0.1, -0.05) is 49.2 Å². The highest BCUT2D eigenvalue weighted by Crippen LogP contribution is 2.37. The second-order valence-corrected chi connectivity index (χ2v) is 11.6. The number of nitrogens with zero attached hydrogens (tertiary/aromatic N) is 2. The van der Waals surface area contributed by atoms with E-state index < -0.39 is 51.2 Å². The Morgan fingerprint density at radius 2 is 1.63 bits per heavy atom. The van der Waals surface area contributed by atoms with Crippen molar-refractivity contribution in [2.45, 2.75) is 58.4 Å². The van der Waals surface area contributed by atoms with Gasteiger partial charge < -0.3 is 10.2 Å². The molecule has 0 saturated heterocycles. The van der Waals surface area contributed by atoms with Crippen LogP contribution in [0.15, 0.2) is 42.5 Å². The Hall–Kier alpha value is -2.50. The van der Waals surface area contributed by atoms with Gasteiger partial charge in [0.2, 0.25) is 21.8 Å². The van der Waals surface area contributed by atoms with Gasteiger partial charge in [0.05, 0.1) is 22.5 Å². The second kappa shape index (κ2) is 13.0. The van der Waals surface area contributed by atoms with Crippen molar-refractivity contribution >= 4 is 50.7 Å². The molecule has 7 nitrogen and oxygen atoms in total. The summed E-state index contributed by atoms with van der Waals surface area (Å²) in [6.45, 7) is 4.49. The number of carbonyl (C=O) groups excluding carboxylic acids is 2. The topological polar surface area (TPSA) is 86.8 Å². The van der Waals surface area contributed by atoms with E-state index in [4.69, 9.17) is 23.2 Å². The molecule has 0 bridgehead atoms. The Bertz CT molecular complexity index is 1240. The smallest absolute Gasteiger partial charge is 0.352 e. The predicted molar refractivity (Wildman–Crippen MR) is 143 cm³/mol. The summed E-state index contributed by atoms with van der Waals surface area (Å²) in [5, 5.41) is 2.68. The van der Waals surface area contributed by atoms with Crippen LogP contribution in [0.2, 0.25) is 10.0 Å². The lowest BCUT2D eigenvalue weighted by Crippen LogP contribution is -2.53. The molecule has 0 unspecified atom stereocenters. The van der Waals surface area contributed by atoms with Crippen LogP contribution < -0.4 is 9.62 Å². The Balaban J connectivity index is 2.52. The number of rotatable bonds is 11. The molecule has 0 aromatic heterocycles. The first kappa shape index (κ1) is 31.7. The number of alkyl halides is 3. The standard InChI is InChI=1S/C25H30Cl2F3N3O4S/c1-5-16(3)31-24(35)22(6-2)32(14-17-7-9-18(26)10-8-17)23(34)15-33(38(4,36)37)19-11-12-21(27)20(13-19)25(28,29)30/h7-13,16,22H,5-6,14-15H2,1-4H3,(H,31,35)/t16-,22-/m1/s1. The molecule has 0 saturated carbocycles. The van der Waals surface area contributed by atoms with Crippen molar-refractivity contribution in [2.75, 3.05) is 17.1 Å². The average Bonchev–Trinajstić information content (AvgIpc) is 2.82. The largest absolute Gasteiger partial charge is 0.417 e. The van der Waals surface area contributed by atoms with E-state index in [1.807, 2.05) is 6.92 Å². The van der Waals surface area contributed by atoms with Crippen LogP contribution in [-0.2, 0) is 32.3 Å². The third-order valence-electron chi connectivity index (χ3n) is 5.88. The minimum Gasteiger partial charge on any atom is -0.352 e. The second-order valence-electron chi connectivity index (χ2n) is 8.82. The minimum atomic E-state index is -4.84. The van der Waals surface area contributed by atoms with Gasteiger partial charge >= 0.3 is 6.18 Å². The lowest BCUT2D eigenvalue weighted by molar-refractivity contribution is -0.140. The maximum atomic E-state index is 13.6. The lowest BCUT2D eigenvalue weighted by Gasteiger charge is -2.33. The summed E-state index contributed by atoms with van der Waals surface area (Å²) in [6, 6.07) is 7.97. The molecule has 38 heavy (non-hydrogen) atoms. The Morgan fingerprint density at radius 3 is 2.13 bits per heavy atom. The van der Waals surface area contributed by atoms with Crippen LogP contribution >= 0.6 is 23.2 Å². The molecule has 2 atom stereocenters. The fourth-order valence-corrected chi connectivity index (χ4v) is 4.84. The number of halogens is 5. The maximum absolute atomic E-state index is 13.6. The molecule has 0 aliphatic carbocycles. The highest BCUT2D eigenvalue weighted by molar-refractivity contribution is 7.92. The van der Waals surface area contributed by atoms with Gasteiger partial charge in [0, 0.05) is 17.6 Å². The van der Waals surface area contributed by atoms with E-state index in [2.05, 4.69) is 5.32 Å². The first-order valence-corrected chi connectivity index (χ1v) is 14.4. The summed E-state index contributed by atoms with van der Waals surface area (Å²) in [5.74, 6) is -1.21. The molecule has 210 valence electrons. The minimum absolute atomic E-state index is 0.0611. The molecule has 0 radical (unpaired) electrons. The summed E-state index contributed by atoms with van der Waals surface area (Å²) < 4.78 is 66.2. The van der Waals surface area contributed by atoms with Crippen molar-refractivity contribution < 1.29 is 31.2 Å². The van der Waals surface area contributed by atoms with Crippen LogP contribution in [0.1, 0.15) is 44.7 Å². The number of anilines is 1. The average molecular weight is 596 g/mol. The fraction of sp³-hybridized carbons (Fsp3) is 0.440. The van der Waals surface area contributed by atoms with Crippen LogP contribution in [0.4, 0.5) is 18.9 Å². The number of hydrogen-bond acceptors (Lipinski definition) is 4. The highest BCUT2D eigenvalue weighted by atomic mass is 35.5. The number of sulfonamides is 1. The van der Waals surface area contributed by atoms with Gasteiger partial charge in [-0.25, -0.2) is 8.42 Å². The molecular weight excluding hydrogens is 566 g/mol. The van der Waals surface area contributed by atoms with Gasteiger partial charge in [0.25, 0.3) is 0 Å². The third-order valence-corrected chi connectivity index (χ3v) is 7.60. The molecule has 2 rings (SSSR count). The molecule has 2 aromatic carbocycles. The van der Waals surface area contributed by atoms with Gasteiger partial charge in [-0.3, -0.25) is 13.9 Å². The maximum Gasteiger partial charge on any atom is 0.417 e. The fourth-order valence-electron chi connectivity index (χ4n) is 3.65. The summed E-state index contributed by atoms with van der Waals surface area (Å²) in [6.07, 6.45) is -3.21. The third kappa shape index (κ3) is 8.51. The SMILES string of the molecule is CC[C@@H](C)NC(=O)[C@@H](CC)N(Cc1ccc(Cl)cc1)C(=O)CN(c1ccc(Cl)c(C(F)(F)F)c1)S(C)(=O)=O. The van der Waals surface area contributed by atoms with Gasteiger partial charge in [0.15, 0.2) is 0 Å². The Morgan fingerprint density at radius 1 is 1.03 bits per heavy atom. The molecule has 0 aliphatic rings. The quantitative estimate of drug-likeness (QED) is 0.371. The van der Waals surface area contributed by atoms with E-state index in [1.165, 1.54) is 4.90 Å². The normalized spacial score (nSPS) is 13.5. The van der Waals surface area contributed by atoms with Crippen molar-refractivity contribution in [3.8, 4) is 0 Å². The summed E-state index contributed by atoms with van der Waals surface area (Å²) >= 11 is 11.6. The summed E-state index contributed by atoms with van der Waals surface area (Å²) in [5.41, 5.74) is -1.01. The highest BCUT2D eigenvalue weighted by Gasteiger charge is 2.36. The van der Waals surface area contributed by atoms with Gasteiger partial charge in [-0.15, -0.1) is 0 Å². The number of benzene rings is 2. The molecule has 2 amide bonds. The monoisotopic (exact) mass is 595 g/mol. The van der Waals surface area contributed by atoms with E-state index >= 15 is 0 Å². The van der Waals surface area contributed by atoms with Crippen molar-refractivity contribution in [1.29, 1.82) is 0 Å². The zero-order valence-corrected chi connectivity index (χ0v) is 23.7. The van der Waals surface area contributed by atoms with Crippen molar-refractivity contribution in [3.05, 3.63) is 63.6 Å². The Labute approximate surface area is 230 Å². The van der Waals surface area contributed by atoms with Gasteiger partial charge in [0.1, 0.15) is 12.6 Å². The number of carbonyl (C=O) groups is 2. The lowest BCUT2D eigenvalue weighted by atomic mass is 10.1. The summed E-state index contributed by atoms with van der Waals surface area (Å²) in [7, 11) is -4.22. The summed E-state index contributed by atoms with van der Waals surface area (Å²) in [4.78, 5) is 27.9. The van der Waals surface area contributed by atoms with Crippen molar-refractivity contribution in [3.63, 3.8) is 0 Å². The number of nitrogens with one attached hydrogen (secondary N) is 1. The molecular formula is C25H30Cl2F3N3O4S. The van der Waals surface area contributed by atoms with E-state index in [0.29, 0.717) is 27.4 Å². The molecule has 13 heteroatoms. The van der Waals surface area contributed by atoms with E-state index in [1.54, 1.807) is 38.1 Å². The number of amides is 2. The molecule has 0 aliphatic heterocycles. The van der Waals surface area contributed by atoms with Crippen LogP contribution in [0.3, 0.4) is 0 Å². The van der Waals surface area contributed by atoms with Crippen LogP contribution in [0.5, 0.6) is 0 Å². The van der Waals surface area contributed by atoms with Crippen LogP contribution in [-0.4, -0.2) is 50.0 Å². The molecule has 0 heterocycles. The molecule has 0 spiro atoms. The van der Waals surface area contributed by atoms with Gasteiger partial charge in [-0.2, -0.15) is 13.2 Å². The first-order valence-electron chi connectivity index (χ1n) is 11.8. The van der Waals surface area contributed by atoms with Gasteiger partial charge in [-0.05, 0) is 55.7 Å². The molecule has 1 N–H and O–H groups in total. The number of hydrogen-bond donors (Lipinski definition) is 1. The van der Waals surface area contributed by atoms with Crippen LogP contribution in [0.25, 0.3) is 0 Å². The Kier molecular flexibility index (Phi) is 10.9. The van der Waals surface area contributed by atoms with E-state index in [0.717, 1.165) is 18.4 Å². The predicted octanol–water partition coefficient (Wildman–Crippen LogP) is 5.50. The first-order chi connectivity index (χ1) is 17.6. The zero-order chi connectivity index (χ0) is 28.8.